The molecule has 1 N–H and O–H groups in total. The highest BCUT2D eigenvalue weighted by molar-refractivity contribution is 8.06. The SMILES string of the molecule is CCC(c1c(OC(F)F)n[nH]c1C(F)(F)F)S(=O)(=O)C1=NOC(C)(C)C1. The summed E-state index contributed by atoms with van der Waals surface area (Å²) in [6, 6.07) is 0. The summed E-state index contributed by atoms with van der Waals surface area (Å²) in [5.74, 6) is -1.12. The Bertz CT molecular complexity index is 801. The molecule has 0 aliphatic carbocycles. The van der Waals surface area contributed by atoms with Crippen LogP contribution in [0.3, 0.4) is 0 Å². The summed E-state index contributed by atoms with van der Waals surface area (Å²) in [5, 5.41) is 5.76. The van der Waals surface area contributed by atoms with E-state index in [9.17, 15) is 30.4 Å². The van der Waals surface area contributed by atoms with Gasteiger partial charge in [-0.1, -0.05) is 12.1 Å². The Balaban J connectivity index is 2.57. The number of aromatic nitrogens is 2. The molecule has 13 heteroatoms. The molecule has 1 aromatic rings. The summed E-state index contributed by atoms with van der Waals surface area (Å²) >= 11 is 0. The maximum atomic E-state index is 13.2. The third-order valence-electron chi connectivity index (χ3n) is 3.62. The van der Waals surface area contributed by atoms with E-state index in [1.165, 1.54) is 6.92 Å². The minimum atomic E-state index is -5.05. The number of halogens is 5. The Morgan fingerprint density at radius 1 is 1.35 bits per heavy atom. The number of alkyl halides is 5. The fourth-order valence-corrected chi connectivity index (χ4v) is 4.51. The zero-order chi connectivity index (χ0) is 19.9. The average Bonchev–Trinajstić information content (AvgIpc) is 3.03. The molecule has 0 fully saturated rings. The summed E-state index contributed by atoms with van der Waals surface area (Å²) in [6.45, 7) is 0.905. The maximum Gasteiger partial charge on any atom is 0.433 e. The van der Waals surface area contributed by atoms with Crippen LogP contribution in [-0.2, 0) is 20.9 Å². The molecule has 148 valence electrons. The smallest absolute Gasteiger partial charge is 0.415 e. The molecule has 1 unspecified atom stereocenters. The number of aromatic amines is 1. The van der Waals surface area contributed by atoms with Gasteiger partial charge in [-0.25, -0.2) is 8.42 Å². The second kappa shape index (κ2) is 6.67. The van der Waals surface area contributed by atoms with Crippen LogP contribution in [0.5, 0.6) is 5.88 Å². The van der Waals surface area contributed by atoms with Crippen molar-refractivity contribution in [2.24, 2.45) is 5.16 Å². The molecule has 0 spiro atoms. The lowest BCUT2D eigenvalue weighted by molar-refractivity contribution is -0.141. The van der Waals surface area contributed by atoms with Gasteiger partial charge in [0.1, 0.15) is 11.3 Å². The van der Waals surface area contributed by atoms with Gasteiger partial charge in [-0.05, 0) is 20.3 Å². The number of ether oxygens (including phenoxy) is 1. The normalized spacial score (nSPS) is 18.6. The van der Waals surface area contributed by atoms with E-state index in [4.69, 9.17) is 4.84 Å². The van der Waals surface area contributed by atoms with E-state index >= 15 is 0 Å². The molecule has 0 aromatic carbocycles. The summed E-state index contributed by atoms with van der Waals surface area (Å²) in [7, 11) is -4.45. The van der Waals surface area contributed by atoms with E-state index in [2.05, 4.69) is 15.0 Å². The van der Waals surface area contributed by atoms with Gasteiger partial charge in [-0.3, -0.25) is 5.10 Å². The zero-order valence-corrected chi connectivity index (χ0v) is 14.7. The molecule has 1 aromatic heterocycles. The summed E-state index contributed by atoms with van der Waals surface area (Å²) < 4.78 is 94.3. The van der Waals surface area contributed by atoms with E-state index in [0.29, 0.717) is 0 Å². The highest BCUT2D eigenvalue weighted by Gasteiger charge is 2.47. The van der Waals surface area contributed by atoms with Gasteiger partial charge in [0.25, 0.3) is 0 Å². The van der Waals surface area contributed by atoms with Crippen LogP contribution in [0, 0.1) is 0 Å². The van der Waals surface area contributed by atoms with Gasteiger partial charge in [0.05, 0.1) is 10.8 Å². The van der Waals surface area contributed by atoms with Gasteiger partial charge in [-0.2, -0.15) is 22.0 Å². The van der Waals surface area contributed by atoms with Crippen molar-refractivity contribution in [1.82, 2.24) is 10.2 Å². The third-order valence-corrected chi connectivity index (χ3v) is 5.81. The first-order valence-corrected chi connectivity index (χ1v) is 8.93. The van der Waals surface area contributed by atoms with Crippen LogP contribution in [0.4, 0.5) is 22.0 Å². The summed E-state index contributed by atoms with van der Waals surface area (Å²) in [4.78, 5) is 4.96. The Hall–Kier alpha value is -1.92. The molecular weight excluding hydrogens is 389 g/mol. The van der Waals surface area contributed by atoms with Crippen molar-refractivity contribution < 1.29 is 39.9 Å². The molecule has 0 saturated carbocycles. The first-order chi connectivity index (χ1) is 11.8. The predicted octanol–water partition coefficient (Wildman–Crippen LogP) is 3.41. The quantitative estimate of drug-likeness (QED) is 0.758. The van der Waals surface area contributed by atoms with E-state index in [1.54, 1.807) is 18.9 Å². The van der Waals surface area contributed by atoms with E-state index in [0.717, 1.165) is 0 Å². The molecular formula is C13H16F5N3O4S. The van der Waals surface area contributed by atoms with Crippen LogP contribution in [0.25, 0.3) is 0 Å². The Morgan fingerprint density at radius 2 is 1.96 bits per heavy atom. The first kappa shape index (κ1) is 20.4. The first-order valence-electron chi connectivity index (χ1n) is 7.39. The maximum absolute atomic E-state index is 13.2. The highest BCUT2D eigenvalue weighted by atomic mass is 32.2. The van der Waals surface area contributed by atoms with Crippen LogP contribution in [0.1, 0.15) is 50.1 Å². The Morgan fingerprint density at radius 3 is 2.38 bits per heavy atom. The van der Waals surface area contributed by atoms with Crippen molar-refractivity contribution in [3.05, 3.63) is 11.3 Å². The molecule has 7 nitrogen and oxygen atoms in total. The third kappa shape index (κ3) is 3.91. The second-order valence-electron chi connectivity index (χ2n) is 6.15. The number of H-pyrrole nitrogens is 1. The molecule has 0 radical (unpaired) electrons. The van der Waals surface area contributed by atoms with E-state index in [-0.39, 0.29) is 12.8 Å². The van der Waals surface area contributed by atoms with Gasteiger partial charge >= 0.3 is 12.8 Å². The molecule has 0 amide bonds. The molecule has 1 aliphatic heterocycles. The van der Waals surface area contributed by atoms with Gasteiger partial charge in [0.15, 0.2) is 5.04 Å². The molecule has 1 atom stereocenters. The lowest BCUT2D eigenvalue weighted by atomic mass is 10.1. The molecule has 0 bridgehead atoms. The van der Waals surface area contributed by atoms with E-state index < -0.39 is 55.7 Å². The molecule has 0 saturated heterocycles. The van der Waals surface area contributed by atoms with Crippen LogP contribution >= 0.6 is 0 Å². The molecule has 26 heavy (non-hydrogen) atoms. The number of oxime groups is 1. The van der Waals surface area contributed by atoms with Gasteiger partial charge < -0.3 is 9.57 Å². The second-order valence-corrected chi connectivity index (χ2v) is 8.28. The standard InChI is InChI=1S/C13H16F5N3O4S/c1-4-6(26(22,23)7-5-12(2,3)25-21-7)8-9(13(16,17)18)19-20-10(8)24-11(14)15/h6,11H,4-5H2,1-3H3,(H,19,20). The monoisotopic (exact) mass is 405 g/mol. The average molecular weight is 405 g/mol. The molecule has 2 rings (SSSR count). The topological polar surface area (TPSA) is 93.6 Å². The molecule has 1 aliphatic rings. The van der Waals surface area contributed by atoms with Gasteiger partial charge in [0, 0.05) is 6.42 Å². The van der Waals surface area contributed by atoms with Gasteiger partial charge in [-0.15, -0.1) is 5.10 Å². The zero-order valence-electron chi connectivity index (χ0n) is 13.9. The Labute approximate surface area is 145 Å². The fraction of sp³-hybridized carbons (Fsp3) is 0.692. The number of hydrogen-bond donors (Lipinski definition) is 1. The van der Waals surface area contributed by atoms with Crippen LogP contribution in [0.15, 0.2) is 5.16 Å². The van der Waals surface area contributed by atoms with Gasteiger partial charge in [0.2, 0.25) is 15.7 Å². The summed E-state index contributed by atoms with van der Waals surface area (Å²) in [6.07, 6.45) is -5.58. The minimum Gasteiger partial charge on any atom is -0.415 e. The van der Waals surface area contributed by atoms with Crippen molar-refractivity contribution in [2.45, 2.75) is 57.3 Å². The fourth-order valence-electron chi connectivity index (χ4n) is 2.52. The highest BCUT2D eigenvalue weighted by Crippen LogP contribution is 2.43. The Kier molecular flexibility index (Phi) is 5.23. The number of hydrogen-bond acceptors (Lipinski definition) is 6. The lowest BCUT2D eigenvalue weighted by Gasteiger charge is -2.19. The number of sulfone groups is 1. The summed E-state index contributed by atoms with van der Waals surface area (Å²) in [5.41, 5.74) is -3.53. The van der Waals surface area contributed by atoms with Crippen molar-refractivity contribution in [3.8, 4) is 5.88 Å². The van der Waals surface area contributed by atoms with Crippen molar-refractivity contribution >= 4 is 14.9 Å². The minimum absolute atomic E-state index is 0.171. The number of nitrogens with one attached hydrogen (secondary N) is 1. The predicted molar refractivity (Wildman–Crippen MR) is 79.4 cm³/mol. The van der Waals surface area contributed by atoms with Crippen LogP contribution in [-0.4, -0.2) is 35.9 Å². The van der Waals surface area contributed by atoms with E-state index in [1.807, 2.05) is 0 Å². The number of rotatable bonds is 5. The van der Waals surface area contributed by atoms with Crippen LogP contribution in [0.2, 0.25) is 0 Å². The lowest BCUT2D eigenvalue weighted by Crippen LogP contribution is -2.27. The van der Waals surface area contributed by atoms with Crippen molar-refractivity contribution in [2.75, 3.05) is 0 Å². The molecule has 2 heterocycles. The largest absolute Gasteiger partial charge is 0.433 e. The van der Waals surface area contributed by atoms with Crippen molar-refractivity contribution in [1.29, 1.82) is 0 Å². The number of nitrogens with zero attached hydrogens (tertiary/aromatic N) is 2. The van der Waals surface area contributed by atoms with Crippen LogP contribution < -0.4 is 4.74 Å². The van der Waals surface area contributed by atoms with Crippen molar-refractivity contribution in [3.63, 3.8) is 0 Å².